The van der Waals surface area contributed by atoms with Gasteiger partial charge < -0.3 is 9.47 Å². The van der Waals surface area contributed by atoms with Crippen molar-refractivity contribution in [1.82, 2.24) is 0 Å². The highest BCUT2D eigenvalue weighted by molar-refractivity contribution is 6.67. The molecule has 0 radical (unpaired) electrons. The molecule has 0 spiro atoms. The van der Waals surface area contributed by atoms with Crippen molar-refractivity contribution < 1.29 is 49.8 Å². The molecule has 0 atom stereocenters. The highest BCUT2D eigenvalue weighted by atomic mass is 35.6. The van der Waals surface area contributed by atoms with Gasteiger partial charge in [0.2, 0.25) is 3.79 Å². The molecule has 0 heterocycles. The minimum atomic E-state index is -6.30. The van der Waals surface area contributed by atoms with E-state index in [0.29, 0.717) is 12.1 Å². The maximum Gasteiger partial charge on any atom is 0.435 e. The van der Waals surface area contributed by atoms with Crippen LogP contribution < -0.4 is 15.4 Å². The Bertz CT molecular complexity index is 1130. The molecule has 2 aromatic carbocycles. The van der Waals surface area contributed by atoms with Crippen LogP contribution in [0.1, 0.15) is 16.7 Å². The first-order chi connectivity index (χ1) is 16.7. The van der Waals surface area contributed by atoms with Crippen molar-refractivity contribution in [1.29, 1.82) is 0 Å². The van der Waals surface area contributed by atoms with Crippen LogP contribution in [0, 0.1) is 13.8 Å². The third-order valence-electron chi connectivity index (χ3n) is 4.56. The second-order valence-electron chi connectivity index (χ2n) is 7.50. The van der Waals surface area contributed by atoms with E-state index in [4.69, 9.17) is 39.5 Å². The molecule has 0 unspecified atom stereocenters. The first-order valence-electron chi connectivity index (χ1n) is 9.78. The number of rotatable bonds is 5. The Balaban J connectivity index is 2.19. The van der Waals surface area contributed by atoms with Crippen molar-refractivity contribution >= 4 is 58.4 Å². The maximum atomic E-state index is 14.4. The monoisotopic (exact) mass is 598 g/mol. The number of alkyl halides is 10. The van der Waals surface area contributed by atoms with Gasteiger partial charge in [0.15, 0.2) is 0 Å². The predicted octanol–water partition coefficient (Wildman–Crippen LogP) is 8.12. The summed E-state index contributed by atoms with van der Waals surface area (Å²) in [5, 5.41) is 4.55. The fourth-order valence-corrected chi connectivity index (χ4v) is 3.17. The first kappa shape index (κ1) is 30.6. The van der Waals surface area contributed by atoms with E-state index in [0.717, 1.165) is 13.8 Å². The molecule has 2 rings (SSSR count). The largest absolute Gasteiger partial charge is 0.445 e. The lowest BCUT2D eigenvalue weighted by molar-refractivity contribution is -0.348. The van der Waals surface area contributed by atoms with Gasteiger partial charge in [-0.05, 0) is 55.3 Å². The zero-order chi connectivity index (χ0) is 28.4. The Labute approximate surface area is 219 Å². The molecule has 6 nitrogen and oxygen atoms in total. The molecule has 0 aromatic heterocycles. The summed E-state index contributed by atoms with van der Waals surface area (Å²) in [5.74, 6) is -0.391. The van der Waals surface area contributed by atoms with E-state index < -0.39 is 51.9 Å². The number of carbonyl (C=O) groups is 2. The predicted molar refractivity (Wildman–Crippen MR) is 122 cm³/mol. The summed E-state index contributed by atoms with van der Waals surface area (Å²) in [6.45, 7) is 1.53. The molecule has 0 saturated heterocycles. The van der Waals surface area contributed by atoms with Crippen LogP contribution in [0.3, 0.4) is 0 Å². The molecule has 0 aliphatic rings. The van der Waals surface area contributed by atoms with Gasteiger partial charge in [-0.3, -0.25) is 10.6 Å². The molecule has 2 N–H and O–H groups in total. The minimum absolute atomic E-state index is 0.0630. The van der Waals surface area contributed by atoms with E-state index in [1.165, 1.54) is 24.3 Å². The fraction of sp³-hybridized carbons (Fsp3) is 0.333. The second kappa shape index (κ2) is 11.0. The molecule has 0 aliphatic heterocycles. The van der Waals surface area contributed by atoms with Crippen LogP contribution in [-0.2, 0) is 10.4 Å². The number of aryl methyl sites for hydroxylation is 2. The number of nitrogens with one attached hydrogen (secondary N) is 2. The van der Waals surface area contributed by atoms with Gasteiger partial charge in [0, 0.05) is 16.9 Å². The number of anilines is 2. The van der Waals surface area contributed by atoms with Crippen molar-refractivity contribution in [3.8, 4) is 5.75 Å². The summed E-state index contributed by atoms with van der Waals surface area (Å²) >= 11 is 16.4. The van der Waals surface area contributed by atoms with Gasteiger partial charge in [-0.2, -0.15) is 26.3 Å². The Morgan fingerprint density at radius 3 is 1.70 bits per heavy atom. The summed E-state index contributed by atoms with van der Waals surface area (Å²) in [4.78, 5) is 24.1. The smallest absolute Gasteiger partial charge is 0.435 e. The fourth-order valence-electron chi connectivity index (χ4n) is 3.01. The summed E-state index contributed by atoms with van der Waals surface area (Å²) in [6.07, 6.45) is -14.8. The van der Waals surface area contributed by atoms with Crippen molar-refractivity contribution in [2.24, 2.45) is 0 Å². The van der Waals surface area contributed by atoms with Crippen LogP contribution in [0.5, 0.6) is 5.75 Å². The standard InChI is InChI=1S/C21H16Cl3F7N2O4/c1-10-6-12(19(25,20(26,27)28)21(29,30)31)7-11(2)15(10)37-17(35)33-14-5-3-4-13(8-14)32-16(34)36-9-18(22,23)24/h3-8H,9H2,1-2H3,(H,32,34)(H,33,35). The lowest BCUT2D eigenvalue weighted by Gasteiger charge is -2.31. The molecule has 0 fully saturated rings. The van der Waals surface area contributed by atoms with E-state index in [2.05, 4.69) is 15.4 Å². The lowest BCUT2D eigenvalue weighted by Crippen LogP contribution is -2.50. The van der Waals surface area contributed by atoms with Crippen LogP contribution >= 0.6 is 34.8 Å². The normalized spacial score (nSPS) is 12.6. The maximum absolute atomic E-state index is 14.4. The highest BCUT2D eigenvalue weighted by Gasteiger charge is 2.73. The third-order valence-corrected chi connectivity index (χ3v) is 4.88. The van der Waals surface area contributed by atoms with Gasteiger partial charge in [-0.15, -0.1) is 0 Å². The Hall–Kier alpha value is -2.64. The van der Waals surface area contributed by atoms with E-state index >= 15 is 0 Å². The lowest BCUT2D eigenvalue weighted by atomic mass is 9.91. The topological polar surface area (TPSA) is 76.7 Å². The Morgan fingerprint density at radius 2 is 1.27 bits per heavy atom. The number of amides is 2. The molecular formula is C21H16Cl3F7N2O4. The molecule has 204 valence electrons. The molecule has 2 aromatic rings. The summed E-state index contributed by atoms with van der Waals surface area (Å²) in [5.41, 5.74) is -7.89. The van der Waals surface area contributed by atoms with E-state index in [1.807, 2.05) is 0 Å². The van der Waals surface area contributed by atoms with Gasteiger partial charge in [-0.1, -0.05) is 40.9 Å². The number of benzene rings is 2. The van der Waals surface area contributed by atoms with Crippen LogP contribution in [-0.4, -0.2) is 34.9 Å². The first-order valence-corrected chi connectivity index (χ1v) is 10.9. The molecule has 0 saturated carbocycles. The highest BCUT2D eigenvalue weighted by Crippen LogP contribution is 2.54. The Kier molecular flexibility index (Phi) is 9.09. The zero-order valence-electron chi connectivity index (χ0n) is 18.6. The Morgan fingerprint density at radius 1 is 0.811 bits per heavy atom. The van der Waals surface area contributed by atoms with E-state index in [1.54, 1.807) is 0 Å². The SMILES string of the molecule is Cc1cc(C(F)(C(F)(F)F)C(F)(F)F)cc(C)c1OC(=O)Nc1cccc(NC(=O)OCC(Cl)(Cl)Cl)c1. The zero-order valence-corrected chi connectivity index (χ0v) is 20.9. The van der Waals surface area contributed by atoms with Crippen molar-refractivity contribution in [3.63, 3.8) is 0 Å². The number of carbonyl (C=O) groups excluding carboxylic acids is 2. The van der Waals surface area contributed by atoms with E-state index in [9.17, 15) is 40.3 Å². The number of ether oxygens (including phenoxy) is 2. The van der Waals surface area contributed by atoms with Crippen LogP contribution in [0.2, 0.25) is 0 Å². The second-order valence-corrected chi connectivity index (χ2v) is 10.0. The number of halogens is 10. The molecule has 16 heteroatoms. The molecule has 37 heavy (non-hydrogen) atoms. The summed E-state index contributed by atoms with van der Waals surface area (Å²) < 4.78 is 101. The minimum Gasteiger partial charge on any atom is -0.445 e. The quantitative estimate of drug-likeness (QED) is 0.269. The van der Waals surface area contributed by atoms with Gasteiger partial charge in [0.05, 0.1) is 0 Å². The molecule has 0 aliphatic carbocycles. The molecule has 2 amide bonds. The third kappa shape index (κ3) is 7.68. The van der Waals surface area contributed by atoms with Crippen molar-refractivity contribution in [2.75, 3.05) is 17.2 Å². The van der Waals surface area contributed by atoms with Gasteiger partial charge >= 0.3 is 30.2 Å². The summed E-state index contributed by atoms with van der Waals surface area (Å²) in [6, 6.07) is 6.02. The van der Waals surface area contributed by atoms with Crippen molar-refractivity contribution in [2.45, 2.75) is 35.7 Å². The number of hydrogen-bond donors (Lipinski definition) is 2. The van der Waals surface area contributed by atoms with Crippen LogP contribution in [0.4, 0.5) is 51.7 Å². The van der Waals surface area contributed by atoms with Crippen LogP contribution in [0.25, 0.3) is 0 Å². The van der Waals surface area contributed by atoms with E-state index in [-0.39, 0.29) is 22.5 Å². The van der Waals surface area contributed by atoms with Gasteiger partial charge in [-0.25, -0.2) is 14.0 Å². The summed E-state index contributed by atoms with van der Waals surface area (Å²) in [7, 11) is 0. The van der Waals surface area contributed by atoms with Crippen molar-refractivity contribution in [3.05, 3.63) is 53.1 Å². The molecular weight excluding hydrogens is 584 g/mol. The number of hydrogen-bond acceptors (Lipinski definition) is 4. The molecule has 0 bridgehead atoms. The van der Waals surface area contributed by atoms with Crippen LogP contribution in [0.15, 0.2) is 36.4 Å². The van der Waals surface area contributed by atoms with Gasteiger partial charge in [0.25, 0.3) is 0 Å². The average Bonchev–Trinajstić information content (AvgIpc) is 2.72. The average molecular weight is 600 g/mol. The van der Waals surface area contributed by atoms with Gasteiger partial charge in [0.1, 0.15) is 12.4 Å².